The van der Waals surface area contributed by atoms with Crippen LogP contribution in [-0.2, 0) is 9.53 Å². The van der Waals surface area contributed by atoms with Gasteiger partial charge < -0.3 is 9.84 Å². The van der Waals surface area contributed by atoms with E-state index in [-0.39, 0.29) is 13.2 Å². The van der Waals surface area contributed by atoms with Gasteiger partial charge in [-0.15, -0.1) is 0 Å². The standard InChI is InChI=1S/C14H17NO4/c1-9(2)10-3-5-12(6-4-10)15-7-11(13(16)17)8-19-14(15)18/h3-6,9,11H,7-8H2,1-2H3,(H,16,17). The molecular formula is C14H17NO4. The molecule has 1 fully saturated rings. The summed E-state index contributed by atoms with van der Waals surface area (Å²) in [6.07, 6.45) is -0.491. The molecule has 1 heterocycles. The Morgan fingerprint density at radius 3 is 2.53 bits per heavy atom. The number of benzene rings is 1. The van der Waals surface area contributed by atoms with E-state index in [2.05, 4.69) is 13.8 Å². The van der Waals surface area contributed by atoms with Gasteiger partial charge in [0.15, 0.2) is 0 Å². The highest BCUT2D eigenvalue weighted by Gasteiger charge is 2.32. The lowest BCUT2D eigenvalue weighted by Crippen LogP contribution is -2.45. The van der Waals surface area contributed by atoms with Gasteiger partial charge in [0, 0.05) is 12.2 Å². The van der Waals surface area contributed by atoms with Crippen molar-refractivity contribution in [3.63, 3.8) is 0 Å². The third-order valence-electron chi connectivity index (χ3n) is 3.25. The van der Waals surface area contributed by atoms with Crippen molar-refractivity contribution in [1.29, 1.82) is 0 Å². The number of carboxylic acids is 1. The molecule has 1 aliphatic rings. The third kappa shape index (κ3) is 2.86. The Morgan fingerprint density at radius 1 is 1.37 bits per heavy atom. The highest BCUT2D eigenvalue weighted by molar-refractivity contribution is 5.90. The van der Waals surface area contributed by atoms with Crippen LogP contribution in [0.1, 0.15) is 25.3 Å². The molecule has 0 spiro atoms. The Labute approximate surface area is 111 Å². The van der Waals surface area contributed by atoms with Gasteiger partial charge in [-0.1, -0.05) is 26.0 Å². The molecule has 1 saturated heterocycles. The van der Waals surface area contributed by atoms with Crippen LogP contribution in [0.15, 0.2) is 24.3 Å². The quantitative estimate of drug-likeness (QED) is 0.909. The second-order valence-electron chi connectivity index (χ2n) is 4.97. The average Bonchev–Trinajstić information content (AvgIpc) is 2.39. The summed E-state index contributed by atoms with van der Waals surface area (Å²) in [4.78, 5) is 24.0. The number of amides is 1. The van der Waals surface area contributed by atoms with Gasteiger partial charge in [0.1, 0.15) is 12.5 Å². The van der Waals surface area contributed by atoms with E-state index in [1.54, 1.807) is 0 Å². The lowest BCUT2D eigenvalue weighted by atomic mass is 10.0. The zero-order chi connectivity index (χ0) is 14.0. The minimum atomic E-state index is -0.948. The molecule has 1 aliphatic heterocycles. The highest BCUT2D eigenvalue weighted by Crippen LogP contribution is 2.23. The fraction of sp³-hybridized carbons (Fsp3) is 0.429. The number of carbonyl (C=O) groups is 2. The summed E-state index contributed by atoms with van der Waals surface area (Å²) in [7, 11) is 0. The van der Waals surface area contributed by atoms with Crippen LogP contribution < -0.4 is 4.90 Å². The molecule has 1 aromatic carbocycles. The van der Waals surface area contributed by atoms with Gasteiger partial charge in [-0.25, -0.2) is 4.79 Å². The summed E-state index contributed by atoms with van der Waals surface area (Å²) in [5, 5.41) is 8.99. The van der Waals surface area contributed by atoms with E-state index in [9.17, 15) is 9.59 Å². The third-order valence-corrected chi connectivity index (χ3v) is 3.25. The molecule has 1 unspecified atom stereocenters. The van der Waals surface area contributed by atoms with Crippen molar-refractivity contribution in [2.75, 3.05) is 18.1 Å². The van der Waals surface area contributed by atoms with Crippen LogP contribution in [-0.4, -0.2) is 30.3 Å². The lowest BCUT2D eigenvalue weighted by Gasteiger charge is -2.30. The van der Waals surface area contributed by atoms with E-state index in [4.69, 9.17) is 9.84 Å². The smallest absolute Gasteiger partial charge is 0.414 e. The number of cyclic esters (lactones) is 1. The van der Waals surface area contributed by atoms with E-state index in [1.807, 2.05) is 24.3 Å². The maximum Gasteiger partial charge on any atom is 0.414 e. The van der Waals surface area contributed by atoms with E-state index in [0.29, 0.717) is 11.6 Å². The van der Waals surface area contributed by atoms with Crippen LogP contribution in [0.4, 0.5) is 10.5 Å². The maximum absolute atomic E-state index is 11.7. The zero-order valence-electron chi connectivity index (χ0n) is 11.0. The number of anilines is 1. The molecule has 0 saturated carbocycles. The monoisotopic (exact) mass is 263 g/mol. The number of aliphatic carboxylic acids is 1. The summed E-state index contributed by atoms with van der Waals surface area (Å²) < 4.78 is 4.90. The summed E-state index contributed by atoms with van der Waals surface area (Å²) in [5.74, 6) is -1.21. The fourth-order valence-corrected chi connectivity index (χ4v) is 2.00. The molecule has 0 aromatic heterocycles. The van der Waals surface area contributed by atoms with Gasteiger partial charge >= 0.3 is 12.1 Å². The molecular weight excluding hydrogens is 246 g/mol. The SMILES string of the molecule is CC(C)c1ccc(N2CC(C(=O)O)COC2=O)cc1. The normalized spacial score (nSPS) is 19.4. The van der Waals surface area contributed by atoms with Crippen molar-refractivity contribution < 1.29 is 19.4 Å². The van der Waals surface area contributed by atoms with E-state index in [0.717, 1.165) is 0 Å². The van der Waals surface area contributed by atoms with Crippen molar-refractivity contribution in [1.82, 2.24) is 0 Å². The van der Waals surface area contributed by atoms with E-state index < -0.39 is 18.0 Å². The van der Waals surface area contributed by atoms with Gasteiger partial charge in [0.05, 0.1) is 0 Å². The number of rotatable bonds is 3. The number of carbonyl (C=O) groups excluding carboxylic acids is 1. The molecule has 1 aromatic rings. The first-order valence-corrected chi connectivity index (χ1v) is 6.26. The molecule has 1 N–H and O–H groups in total. The number of nitrogens with zero attached hydrogens (tertiary/aromatic N) is 1. The van der Waals surface area contributed by atoms with Gasteiger partial charge in [0.2, 0.25) is 0 Å². The van der Waals surface area contributed by atoms with Crippen LogP contribution in [0.3, 0.4) is 0 Å². The fourth-order valence-electron chi connectivity index (χ4n) is 2.00. The Kier molecular flexibility index (Phi) is 3.74. The molecule has 0 radical (unpaired) electrons. The highest BCUT2D eigenvalue weighted by atomic mass is 16.6. The molecule has 5 heteroatoms. The van der Waals surface area contributed by atoms with Crippen molar-refractivity contribution in [3.05, 3.63) is 29.8 Å². The van der Waals surface area contributed by atoms with Crippen LogP contribution in [0.5, 0.6) is 0 Å². The molecule has 1 atom stereocenters. The first-order valence-electron chi connectivity index (χ1n) is 6.26. The van der Waals surface area contributed by atoms with Crippen LogP contribution >= 0.6 is 0 Å². The van der Waals surface area contributed by atoms with Crippen molar-refractivity contribution in [3.8, 4) is 0 Å². The predicted octanol–water partition coefficient (Wildman–Crippen LogP) is 2.47. The van der Waals surface area contributed by atoms with Crippen molar-refractivity contribution >= 4 is 17.7 Å². The van der Waals surface area contributed by atoms with E-state index in [1.165, 1.54) is 10.5 Å². The molecule has 5 nitrogen and oxygen atoms in total. The van der Waals surface area contributed by atoms with Gasteiger partial charge in [-0.05, 0) is 23.6 Å². The van der Waals surface area contributed by atoms with E-state index >= 15 is 0 Å². The minimum Gasteiger partial charge on any atom is -0.481 e. The number of ether oxygens (including phenoxy) is 1. The molecule has 19 heavy (non-hydrogen) atoms. The molecule has 1 amide bonds. The van der Waals surface area contributed by atoms with Gasteiger partial charge in [-0.3, -0.25) is 9.69 Å². The summed E-state index contributed by atoms with van der Waals surface area (Å²) in [6.45, 7) is 4.26. The Hall–Kier alpha value is -2.04. The Morgan fingerprint density at radius 2 is 2.00 bits per heavy atom. The van der Waals surface area contributed by atoms with Gasteiger partial charge in [-0.2, -0.15) is 0 Å². The predicted molar refractivity (Wildman–Crippen MR) is 70.4 cm³/mol. The van der Waals surface area contributed by atoms with Crippen LogP contribution in [0.25, 0.3) is 0 Å². The van der Waals surface area contributed by atoms with Crippen molar-refractivity contribution in [2.45, 2.75) is 19.8 Å². The summed E-state index contributed by atoms with van der Waals surface area (Å²) in [6, 6.07) is 7.52. The molecule has 0 aliphatic carbocycles. The first kappa shape index (κ1) is 13.4. The molecule has 2 rings (SSSR count). The number of hydrogen-bond donors (Lipinski definition) is 1. The van der Waals surface area contributed by atoms with Crippen LogP contribution in [0.2, 0.25) is 0 Å². The Balaban J connectivity index is 2.19. The zero-order valence-corrected chi connectivity index (χ0v) is 11.0. The first-order chi connectivity index (χ1) is 8.99. The number of hydrogen-bond acceptors (Lipinski definition) is 3. The molecule has 102 valence electrons. The maximum atomic E-state index is 11.7. The lowest BCUT2D eigenvalue weighted by molar-refractivity contribution is -0.143. The second kappa shape index (κ2) is 5.30. The van der Waals surface area contributed by atoms with Gasteiger partial charge in [0.25, 0.3) is 0 Å². The van der Waals surface area contributed by atoms with Crippen LogP contribution in [0, 0.1) is 5.92 Å². The summed E-state index contributed by atoms with van der Waals surface area (Å²) in [5.41, 5.74) is 1.84. The summed E-state index contributed by atoms with van der Waals surface area (Å²) >= 11 is 0. The Bertz CT molecular complexity index is 481. The molecule has 0 bridgehead atoms. The topological polar surface area (TPSA) is 66.8 Å². The average molecular weight is 263 g/mol. The largest absolute Gasteiger partial charge is 0.481 e. The number of carboxylic acid groups (broad SMARTS) is 1. The minimum absolute atomic E-state index is 0.0608. The second-order valence-corrected chi connectivity index (χ2v) is 4.97. The van der Waals surface area contributed by atoms with Crippen molar-refractivity contribution in [2.24, 2.45) is 5.92 Å².